The SMILES string of the molecule is C[C@]1(N=Cc2ccccc2O)C[C@@H](N=Cc2ccccc2O)c2ccccc2O1. The Morgan fingerprint density at radius 3 is 2.14 bits per heavy atom. The molecule has 0 bridgehead atoms. The van der Waals surface area contributed by atoms with E-state index in [9.17, 15) is 10.2 Å². The molecule has 0 amide bonds. The summed E-state index contributed by atoms with van der Waals surface area (Å²) in [4.78, 5) is 9.37. The fourth-order valence-corrected chi connectivity index (χ4v) is 3.38. The summed E-state index contributed by atoms with van der Waals surface area (Å²) in [6.07, 6.45) is 3.85. The predicted octanol–water partition coefficient (Wildman–Crippen LogP) is 4.88. The van der Waals surface area contributed by atoms with Gasteiger partial charge in [0, 0.05) is 35.5 Å². The van der Waals surface area contributed by atoms with E-state index in [1.807, 2.05) is 49.4 Å². The van der Waals surface area contributed by atoms with Crippen LogP contribution in [0.5, 0.6) is 17.2 Å². The van der Waals surface area contributed by atoms with Gasteiger partial charge in [0.15, 0.2) is 5.72 Å². The van der Waals surface area contributed by atoms with Gasteiger partial charge in [0.05, 0.1) is 6.04 Å². The van der Waals surface area contributed by atoms with Crippen LogP contribution in [0.15, 0.2) is 82.8 Å². The van der Waals surface area contributed by atoms with Crippen molar-refractivity contribution in [3.8, 4) is 17.2 Å². The van der Waals surface area contributed by atoms with Crippen molar-refractivity contribution in [2.75, 3.05) is 0 Å². The number of hydrogen-bond donors (Lipinski definition) is 2. The average molecular weight is 386 g/mol. The van der Waals surface area contributed by atoms with E-state index >= 15 is 0 Å². The molecule has 0 saturated heterocycles. The number of aromatic hydroxyl groups is 2. The maximum Gasteiger partial charge on any atom is 0.199 e. The van der Waals surface area contributed by atoms with Crippen molar-refractivity contribution in [3.63, 3.8) is 0 Å². The molecule has 0 fully saturated rings. The van der Waals surface area contributed by atoms with Crippen LogP contribution in [0.3, 0.4) is 0 Å². The van der Waals surface area contributed by atoms with E-state index in [-0.39, 0.29) is 17.5 Å². The Hall–Kier alpha value is -3.60. The summed E-state index contributed by atoms with van der Waals surface area (Å²) in [7, 11) is 0. The highest BCUT2D eigenvalue weighted by atomic mass is 16.5. The van der Waals surface area contributed by atoms with Crippen molar-refractivity contribution in [3.05, 3.63) is 89.5 Å². The number of phenolic OH excluding ortho intramolecular Hbond substituents is 2. The lowest BCUT2D eigenvalue weighted by Gasteiger charge is -2.35. The zero-order chi connectivity index (χ0) is 20.3. The molecule has 5 nitrogen and oxygen atoms in total. The van der Waals surface area contributed by atoms with Crippen molar-refractivity contribution in [2.24, 2.45) is 9.98 Å². The van der Waals surface area contributed by atoms with E-state index in [0.29, 0.717) is 17.5 Å². The molecule has 0 aromatic heterocycles. The zero-order valence-electron chi connectivity index (χ0n) is 16.1. The van der Waals surface area contributed by atoms with Crippen LogP contribution in [0.2, 0.25) is 0 Å². The van der Waals surface area contributed by atoms with Gasteiger partial charge in [-0.05, 0) is 37.3 Å². The van der Waals surface area contributed by atoms with E-state index < -0.39 is 5.72 Å². The van der Waals surface area contributed by atoms with Crippen LogP contribution in [-0.2, 0) is 0 Å². The molecule has 4 rings (SSSR count). The first-order valence-corrected chi connectivity index (χ1v) is 9.46. The van der Waals surface area contributed by atoms with Crippen LogP contribution >= 0.6 is 0 Å². The van der Waals surface area contributed by atoms with Gasteiger partial charge in [-0.3, -0.25) is 4.99 Å². The molecule has 0 saturated carbocycles. The van der Waals surface area contributed by atoms with Gasteiger partial charge in [0.25, 0.3) is 0 Å². The van der Waals surface area contributed by atoms with Crippen LogP contribution in [0.25, 0.3) is 0 Å². The lowest BCUT2D eigenvalue weighted by Crippen LogP contribution is -2.36. The van der Waals surface area contributed by atoms with Crippen LogP contribution < -0.4 is 4.74 Å². The van der Waals surface area contributed by atoms with E-state index in [4.69, 9.17) is 9.73 Å². The second-order valence-corrected chi connectivity index (χ2v) is 7.19. The minimum Gasteiger partial charge on any atom is -0.507 e. The molecule has 146 valence electrons. The van der Waals surface area contributed by atoms with Crippen molar-refractivity contribution in [1.29, 1.82) is 0 Å². The molecular formula is C24H22N2O3. The first kappa shape index (κ1) is 18.7. The Kier molecular flexibility index (Phi) is 5.04. The van der Waals surface area contributed by atoms with Gasteiger partial charge < -0.3 is 14.9 Å². The minimum absolute atomic E-state index is 0.171. The predicted molar refractivity (Wildman–Crippen MR) is 114 cm³/mol. The second kappa shape index (κ2) is 7.80. The Balaban J connectivity index is 1.65. The molecule has 1 aliphatic rings. The monoisotopic (exact) mass is 386 g/mol. The Morgan fingerprint density at radius 2 is 1.45 bits per heavy atom. The summed E-state index contributed by atoms with van der Waals surface area (Å²) in [6.45, 7) is 1.90. The molecule has 2 atom stereocenters. The maximum absolute atomic E-state index is 10.0. The molecule has 29 heavy (non-hydrogen) atoms. The highest BCUT2D eigenvalue weighted by Gasteiger charge is 2.36. The largest absolute Gasteiger partial charge is 0.507 e. The number of para-hydroxylation sites is 3. The molecule has 2 N–H and O–H groups in total. The summed E-state index contributed by atoms with van der Waals surface area (Å²) >= 11 is 0. The number of nitrogens with zero attached hydrogens (tertiary/aromatic N) is 2. The van der Waals surface area contributed by atoms with Gasteiger partial charge in [-0.2, -0.15) is 0 Å². The van der Waals surface area contributed by atoms with Gasteiger partial charge in [-0.15, -0.1) is 0 Å². The molecule has 0 spiro atoms. The van der Waals surface area contributed by atoms with Crippen LogP contribution in [0.4, 0.5) is 0 Å². The van der Waals surface area contributed by atoms with Crippen LogP contribution in [-0.4, -0.2) is 28.4 Å². The Bertz CT molecular complexity index is 1080. The average Bonchev–Trinajstić information content (AvgIpc) is 2.72. The fourth-order valence-electron chi connectivity index (χ4n) is 3.38. The van der Waals surface area contributed by atoms with Crippen molar-refractivity contribution in [1.82, 2.24) is 0 Å². The van der Waals surface area contributed by atoms with Crippen molar-refractivity contribution >= 4 is 12.4 Å². The molecule has 3 aromatic rings. The van der Waals surface area contributed by atoms with Gasteiger partial charge in [-0.1, -0.05) is 42.5 Å². The number of ether oxygens (including phenoxy) is 1. The third kappa shape index (κ3) is 4.14. The van der Waals surface area contributed by atoms with Gasteiger partial charge in [0.2, 0.25) is 0 Å². The Labute approximate surface area is 169 Å². The summed E-state index contributed by atoms with van der Waals surface area (Å²) < 4.78 is 6.18. The number of rotatable bonds is 4. The first-order chi connectivity index (χ1) is 14.0. The van der Waals surface area contributed by atoms with Crippen molar-refractivity contribution < 1.29 is 14.9 Å². The third-order valence-corrected chi connectivity index (χ3v) is 4.92. The zero-order valence-corrected chi connectivity index (χ0v) is 16.1. The first-order valence-electron chi connectivity index (χ1n) is 9.46. The second-order valence-electron chi connectivity index (χ2n) is 7.19. The molecule has 5 heteroatoms. The number of phenols is 2. The summed E-state index contributed by atoms with van der Waals surface area (Å²) in [5.41, 5.74) is 1.44. The molecular weight excluding hydrogens is 364 g/mol. The smallest absolute Gasteiger partial charge is 0.199 e. The standard InChI is InChI=1S/C24H22N2O3/c1-24(26-16-18-9-3-6-12-22(18)28)14-20(19-10-4-7-13-23(19)29-24)25-15-17-8-2-5-11-21(17)27/h2-13,15-16,20,27-28H,14H2,1H3/t20-,24-/m1/s1. The lowest BCUT2D eigenvalue weighted by atomic mass is 9.94. The number of benzene rings is 3. The van der Waals surface area contributed by atoms with Crippen LogP contribution in [0.1, 0.15) is 36.1 Å². The highest BCUT2D eigenvalue weighted by Crippen LogP contribution is 2.42. The van der Waals surface area contributed by atoms with Crippen LogP contribution in [0, 0.1) is 0 Å². The maximum atomic E-state index is 10.0. The van der Waals surface area contributed by atoms with Crippen molar-refractivity contribution in [2.45, 2.75) is 25.1 Å². The normalized spacial score (nSPS) is 21.2. The molecule has 0 radical (unpaired) electrons. The quantitative estimate of drug-likeness (QED) is 0.628. The molecule has 0 unspecified atom stereocenters. The van der Waals surface area contributed by atoms with Gasteiger partial charge in [-0.25, -0.2) is 4.99 Å². The topological polar surface area (TPSA) is 74.4 Å². The summed E-state index contributed by atoms with van der Waals surface area (Å²) in [6, 6.07) is 21.7. The molecule has 1 heterocycles. The van der Waals surface area contributed by atoms with Gasteiger partial charge in [0.1, 0.15) is 17.2 Å². The fraction of sp³-hybridized carbons (Fsp3) is 0.167. The highest BCUT2D eigenvalue weighted by molar-refractivity contribution is 5.84. The molecule has 3 aromatic carbocycles. The summed E-state index contributed by atoms with van der Waals surface area (Å²) in [5.74, 6) is 1.09. The number of aliphatic imine (C=N–C) groups is 2. The van der Waals surface area contributed by atoms with E-state index in [2.05, 4.69) is 4.99 Å². The van der Waals surface area contributed by atoms with E-state index in [1.54, 1.807) is 42.8 Å². The lowest BCUT2D eigenvalue weighted by molar-refractivity contribution is 0.0642. The number of fused-ring (bicyclic) bond motifs is 1. The van der Waals surface area contributed by atoms with Gasteiger partial charge >= 0.3 is 0 Å². The van der Waals surface area contributed by atoms with E-state index in [0.717, 1.165) is 11.3 Å². The summed E-state index contributed by atoms with van der Waals surface area (Å²) in [5, 5.41) is 20.0. The molecule has 1 aliphatic heterocycles. The number of hydrogen-bond acceptors (Lipinski definition) is 5. The Morgan fingerprint density at radius 1 is 0.862 bits per heavy atom. The van der Waals surface area contributed by atoms with E-state index in [1.165, 1.54) is 0 Å². The minimum atomic E-state index is -0.836. The third-order valence-electron chi connectivity index (χ3n) is 4.92. The molecule has 0 aliphatic carbocycles.